The quantitative estimate of drug-likeness (QED) is 0.234. The molecular weight excluding hydrogens is 300 g/mol. The van der Waals surface area contributed by atoms with Gasteiger partial charge >= 0.3 is 0 Å². The smallest absolute Gasteiger partial charge is 0.126 e. The third-order valence-corrected chi connectivity index (χ3v) is 3.09. The Morgan fingerprint density at radius 1 is 0.727 bits per heavy atom. The molecule has 22 heavy (non-hydrogen) atoms. The zero-order valence-corrected chi connectivity index (χ0v) is 11.5. The number of nitrogens with zero attached hydrogens (tertiary/aromatic N) is 2. The Morgan fingerprint density at radius 2 is 1.09 bits per heavy atom. The molecule has 0 bridgehead atoms. The largest absolute Gasteiger partial charge is 0.394 e. The van der Waals surface area contributed by atoms with Gasteiger partial charge in [-0.1, -0.05) is 0 Å². The van der Waals surface area contributed by atoms with Gasteiger partial charge in [-0.2, -0.15) is 0 Å². The third-order valence-electron chi connectivity index (χ3n) is 3.09. The molecule has 10 nitrogen and oxygen atoms in total. The van der Waals surface area contributed by atoms with Gasteiger partial charge in [0, 0.05) is 0 Å². The van der Waals surface area contributed by atoms with Gasteiger partial charge in [-0.25, -0.2) is 4.98 Å². The first-order valence-electron chi connectivity index (χ1n) is 6.45. The van der Waals surface area contributed by atoms with Crippen LogP contribution in [0.1, 0.15) is 23.6 Å². The van der Waals surface area contributed by atoms with Gasteiger partial charge in [-0.3, -0.25) is 4.98 Å². The molecule has 0 saturated carbocycles. The number of hydrogen-bond acceptors (Lipinski definition) is 10. The SMILES string of the molecule is OC[C@H](O)[C@@H](O)[C@@H](O)c1cncc([C@H](O)[C@H](O)[C@@H](O)CO)n1. The molecule has 1 heterocycles. The molecule has 6 atom stereocenters. The number of aliphatic hydroxyl groups excluding tert-OH is 8. The van der Waals surface area contributed by atoms with E-state index in [0.29, 0.717) is 0 Å². The lowest BCUT2D eigenvalue weighted by molar-refractivity contribution is -0.0826. The van der Waals surface area contributed by atoms with Gasteiger partial charge in [0.25, 0.3) is 0 Å². The van der Waals surface area contributed by atoms with E-state index < -0.39 is 49.8 Å². The van der Waals surface area contributed by atoms with Crippen LogP contribution in [-0.2, 0) is 0 Å². The first-order valence-corrected chi connectivity index (χ1v) is 6.45. The summed E-state index contributed by atoms with van der Waals surface area (Å²) in [6.45, 7) is -1.56. The number of rotatable bonds is 8. The van der Waals surface area contributed by atoms with E-state index in [4.69, 9.17) is 10.2 Å². The number of hydrogen-bond donors (Lipinski definition) is 8. The van der Waals surface area contributed by atoms with Crippen LogP contribution in [0.2, 0.25) is 0 Å². The van der Waals surface area contributed by atoms with Gasteiger partial charge in [0.1, 0.15) is 36.6 Å². The van der Waals surface area contributed by atoms with Gasteiger partial charge in [0.2, 0.25) is 0 Å². The van der Waals surface area contributed by atoms with Gasteiger partial charge in [-0.15, -0.1) is 0 Å². The van der Waals surface area contributed by atoms with E-state index in [1.165, 1.54) is 0 Å². The molecule has 10 heteroatoms. The maximum absolute atomic E-state index is 9.83. The summed E-state index contributed by atoms with van der Waals surface area (Å²) in [4.78, 5) is 7.45. The second-order valence-corrected chi connectivity index (χ2v) is 4.74. The van der Waals surface area contributed by atoms with Crippen LogP contribution in [0.15, 0.2) is 12.4 Å². The molecule has 0 aliphatic carbocycles. The lowest BCUT2D eigenvalue weighted by atomic mass is 10.0. The van der Waals surface area contributed by atoms with Gasteiger partial charge in [0.05, 0.1) is 37.0 Å². The lowest BCUT2D eigenvalue weighted by Crippen LogP contribution is -2.36. The maximum atomic E-state index is 9.83. The highest BCUT2D eigenvalue weighted by Gasteiger charge is 2.30. The van der Waals surface area contributed by atoms with Crippen LogP contribution in [-0.4, -0.2) is 88.4 Å². The molecule has 0 aliphatic rings. The zero-order chi connectivity index (χ0) is 16.9. The fourth-order valence-electron chi connectivity index (χ4n) is 1.67. The molecule has 0 unspecified atom stereocenters. The van der Waals surface area contributed by atoms with E-state index in [1.807, 2.05) is 0 Å². The minimum atomic E-state index is -1.74. The predicted octanol–water partition coefficient (Wildman–Crippen LogP) is -4.03. The standard InChI is InChI=1S/C12H20N2O8/c15-3-7(17)11(21)9(19)5-1-13-2-6(14-5)10(20)12(22)8(18)4-16/h1-2,7-12,15-22H,3-4H2/t7-,8-,9-,10-,11+,12+/m0/s1. The van der Waals surface area contributed by atoms with Crippen molar-refractivity contribution in [2.45, 2.75) is 36.6 Å². The van der Waals surface area contributed by atoms with E-state index in [2.05, 4.69) is 9.97 Å². The lowest BCUT2D eigenvalue weighted by Gasteiger charge is -2.23. The second-order valence-electron chi connectivity index (χ2n) is 4.74. The van der Waals surface area contributed by atoms with Crippen LogP contribution in [0.3, 0.4) is 0 Å². The van der Waals surface area contributed by atoms with Crippen molar-refractivity contribution in [1.29, 1.82) is 0 Å². The molecule has 1 aromatic heterocycles. The van der Waals surface area contributed by atoms with Crippen LogP contribution in [0.4, 0.5) is 0 Å². The summed E-state index contributed by atoms with van der Waals surface area (Å²) in [5.74, 6) is 0. The minimum Gasteiger partial charge on any atom is -0.394 e. The Labute approximate surface area is 125 Å². The van der Waals surface area contributed by atoms with Crippen LogP contribution in [0.5, 0.6) is 0 Å². The molecule has 0 saturated heterocycles. The monoisotopic (exact) mass is 320 g/mol. The first kappa shape index (κ1) is 18.8. The average molecular weight is 320 g/mol. The molecule has 1 rings (SSSR count). The molecule has 1 aromatic rings. The summed E-state index contributed by atoms with van der Waals surface area (Å²) < 4.78 is 0. The fraction of sp³-hybridized carbons (Fsp3) is 0.667. The van der Waals surface area contributed by atoms with E-state index in [0.717, 1.165) is 12.4 Å². The summed E-state index contributed by atoms with van der Waals surface area (Å²) in [6.07, 6.45) is -7.95. The highest BCUT2D eigenvalue weighted by Crippen LogP contribution is 2.21. The van der Waals surface area contributed by atoms with Crippen molar-refractivity contribution < 1.29 is 40.9 Å². The third kappa shape index (κ3) is 4.38. The topological polar surface area (TPSA) is 188 Å². The summed E-state index contributed by atoms with van der Waals surface area (Å²) in [6, 6.07) is 0. The minimum absolute atomic E-state index is 0.220. The Bertz CT molecular complexity index is 425. The van der Waals surface area contributed by atoms with Gasteiger partial charge < -0.3 is 40.9 Å². The molecule has 0 fully saturated rings. The van der Waals surface area contributed by atoms with Gasteiger partial charge in [0.15, 0.2) is 0 Å². The van der Waals surface area contributed by atoms with E-state index in [9.17, 15) is 30.6 Å². The highest BCUT2D eigenvalue weighted by molar-refractivity contribution is 5.11. The Hall–Kier alpha value is -1.24. The van der Waals surface area contributed by atoms with Crippen molar-refractivity contribution in [2.75, 3.05) is 13.2 Å². The summed E-state index contributed by atoms with van der Waals surface area (Å²) >= 11 is 0. The molecule has 0 aliphatic heterocycles. The molecule has 0 amide bonds. The average Bonchev–Trinajstić information content (AvgIpc) is 2.57. The maximum Gasteiger partial charge on any atom is 0.126 e. The second kappa shape index (κ2) is 8.41. The normalized spacial score (nSPS) is 20.0. The molecule has 0 aromatic carbocycles. The molecule has 0 radical (unpaired) electrons. The van der Waals surface area contributed by atoms with Crippen molar-refractivity contribution in [3.05, 3.63) is 23.8 Å². The highest BCUT2D eigenvalue weighted by atomic mass is 16.4. The fourth-order valence-corrected chi connectivity index (χ4v) is 1.67. The van der Waals surface area contributed by atoms with E-state index in [1.54, 1.807) is 0 Å². The molecule has 8 N–H and O–H groups in total. The molecular formula is C12H20N2O8. The Balaban J connectivity index is 2.94. The summed E-state index contributed by atoms with van der Waals surface area (Å²) in [5, 5.41) is 74.8. The van der Waals surface area contributed by atoms with Crippen molar-refractivity contribution in [3.8, 4) is 0 Å². The number of aliphatic hydroxyl groups is 8. The number of aromatic nitrogens is 2. The Kier molecular flexibility index (Phi) is 7.19. The van der Waals surface area contributed by atoms with Crippen LogP contribution >= 0.6 is 0 Å². The zero-order valence-electron chi connectivity index (χ0n) is 11.5. The molecule has 126 valence electrons. The predicted molar refractivity (Wildman–Crippen MR) is 70.2 cm³/mol. The van der Waals surface area contributed by atoms with E-state index >= 15 is 0 Å². The van der Waals surface area contributed by atoms with Crippen molar-refractivity contribution >= 4 is 0 Å². The van der Waals surface area contributed by atoms with Crippen molar-refractivity contribution in [3.63, 3.8) is 0 Å². The van der Waals surface area contributed by atoms with Crippen LogP contribution < -0.4 is 0 Å². The van der Waals surface area contributed by atoms with Crippen LogP contribution in [0.25, 0.3) is 0 Å². The van der Waals surface area contributed by atoms with Crippen LogP contribution in [0, 0.1) is 0 Å². The first-order chi connectivity index (χ1) is 10.3. The van der Waals surface area contributed by atoms with Crippen molar-refractivity contribution in [2.24, 2.45) is 0 Å². The van der Waals surface area contributed by atoms with Gasteiger partial charge in [-0.05, 0) is 0 Å². The summed E-state index contributed by atoms with van der Waals surface area (Å²) in [7, 11) is 0. The summed E-state index contributed by atoms with van der Waals surface area (Å²) in [5.41, 5.74) is -0.440. The Morgan fingerprint density at radius 3 is 1.41 bits per heavy atom. The van der Waals surface area contributed by atoms with Crippen molar-refractivity contribution in [1.82, 2.24) is 9.97 Å². The molecule has 0 spiro atoms. The van der Waals surface area contributed by atoms with E-state index in [-0.39, 0.29) is 11.4 Å².